The Hall–Kier alpha value is -3.93. The van der Waals surface area contributed by atoms with Crippen LogP contribution in [-0.2, 0) is 4.79 Å². The van der Waals surface area contributed by atoms with Gasteiger partial charge in [0.05, 0.1) is 25.8 Å². The van der Waals surface area contributed by atoms with Crippen molar-refractivity contribution >= 4 is 23.5 Å². The molecular weight excluding hydrogens is 367 g/mol. The summed E-state index contributed by atoms with van der Waals surface area (Å²) in [5.41, 5.74) is -0.114. The van der Waals surface area contributed by atoms with Crippen molar-refractivity contribution in [2.24, 2.45) is 4.99 Å². The number of amides is 2. The van der Waals surface area contributed by atoms with Crippen molar-refractivity contribution in [3.63, 3.8) is 0 Å². The van der Waals surface area contributed by atoms with E-state index >= 15 is 0 Å². The molecule has 0 spiro atoms. The maximum Gasteiger partial charge on any atom is 0.261 e. The summed E-state index contributed by atoms with van der Waals surface area (Å²) in [7, 11) is 1.36. The van der Waals surface area contributed by atoms with E-state index in [4.69, 9.17) is 11.3 Å². The Labute approximate surface area is 159 Å². The molecule has 1 aliphatic heterocycles. The van der Waals surface area contributed by atoms with Gasteiger partial charge in [0.1, 0.15) is 17.3 Å². The maximum absolute atomic E-state index is 13.9. The molecule has 0 aromatic heterocycles. The minimum Gasteiger partial charge on any atom is -0.507 e. The van der Waals surface area contributed by atoms with Crippen LogP contribution in [0, 0.1) is 12.4 Å². The summed E-state index contributed by atoms with van der Waals surface area (Å²) < 4.78 is 19.1. The van der Waals surface area contributed by atoms with Crippen molar-refractivity contribution < 1.29 is 23.8 Å². The van der Waals surface area contributed by atoms with Crippen molar-refractivity contribution in [1.29, 1.82) is 0 Å². The number of phenols is 1. The number of carbonyl (C=O) groups excluding carboxylic acids is 2. The van der Waals surface area contributed by atoms with Crippen LogP contribution in [0.1, 0.15) is 16.8 Å². The first-order chi connectivity index (χ1) is 13.4. The molecule has 0 saturated carbocycles. The van der Waals surface area contributed by atoms with E-state index < -0.39 is 17.5 Å². The summed E-state index contributed by atoms with van der Waals surface area (Å²) in [6, 6.07) is 6.15. The van der Waals surface area contributed by atoms with Gasteiger partial charge in [0.2, 0.25) is 11.9 Å². The number of nitrogens with one attached hydrogen (secondary N) is 2. The van der Waals surface area contributed by atoms with Crippen molar-refractivity contribution in [2.45, 2.75) is 6.42 Å². The lowest BCUT2D eigenvalue weighted by molar-refractivity contribution is -0.119. The molecular formula is C19H15FN4O4. The predicted molar refractivity (Wildman–Crippen MR) is 98.8 cm³/mol. The lowest BCUT2D eigenvalue weighted by atomic mass is 9.95. The second-order valence-electron chi connectivity index (χ2n) is 5.79. The number of halogens is 1. The number of rotatable bonds is 3. The standard InChI is InChI=1S/C19H15FN4O4/c1-21-12-4-5-13(25)17(18(27)24-19-22-8-7-15(26)23-19)16(12)11-9-10(20)3-6-14(11)28-2/h3-6,9,25H,7-8H2,2H3,(H2,22,23,24,26,27). The van der Waals surface area contributed by atoms with E-state index in [0.29, 0.717) is 0 Å². The Balaban J connectivity index is 2.16. The van der Waals surface area contributed by atoms with Crippen molar-refractivity contribution in [3.05, 3.63) is 53.1 Å². The van der Waals surface area contributed by atoms with Gasteiger partial charge < -0.3 is 9.84 Å². The Morgan fingerprint density at radius 1 is 1.39 bits per heavy atom. The van der Waals surface area contributed by atoms with Crippen LogP contribution in [0.5, 0.6) is 11.5 Å². The molecule has 0 aliphatic carbocycles. The first kappa shape index (κ1) is 18.8. The Morgan fingerprint density at radius 3 is 2.86 bits per heavy atom. The first-order valence-electron chi connectivity index (χ1n) is 8.17. The molecule has 0 saturated heterocycles. The summed E-state index contributed by atoms with van der Waals surface area (Å²) >= 11 is 0. The van der Waals surface area contributed by atoms with E-state index in [1.165, 1.54) is 31.4 Å². The van der Waals surface area contributed by atoms with Gasteiger partial charge in [-0.3, -0.25) is 25.2 Å². The molecule has 9 heteroatoms. The van der Waals surface area contributed by atoms with Crippen LogP contribution in [0.3, 0.4) is 0 Å². The molecule has 3 N–H and O–H groups in total. The number of hydrogen-bond acceptors (Lipinski definition) is 5. The molecule has 142 valence electrons. The van der Waals surface area contributed by atoms with Crippen LogP contribution in [0.15, 0.2) is 35.3 Å². The molecule has 1 aliphatic rings. The molecule has 2 aromatic rings. The zero-order valence-electron chi connectivity index (χ0n) is 14.7. The number of phenolic OH excluding ortho intramolecular Hbond substituents is 1. The van der Waals surface area contributed by atoms with Crippen LogP contribution in [0.2, 0.25) is 0 Å². The van der Waals surface area contributed by atoms with Gasteiger partial charge in [-0.25, -0.2) is 9.24 Å². The minimum absolute atomic E-state index is 0.00610. The van der Waals surface area contributed by atoms with E-state index in [1.807, 2.05) is 0 Å². The molecule has 1 heterocycles. The van der Waals surface area contributed by atoms with E-state index in [1.54, 1.807) is 0 Å². The average Bonchev–Trinajstić information content (AvgIpc) is 2.67. The lowest BCUT2D eigenvalue weighted by Crippen LogP contribution is -2.46. The number of guanidine groups is 1. The molecule has 28 heavy (non-hydrogen) atoms. The lowest BCUT2D eigenvalue weighted by Gasteiger charge is -2.18. The second-order valence-corrected chi connectivity index (χ2v) is 5.79. The van der Waals surface area contributed by atoms with Gasteiger partial charge in [0.25, 0.3) is 5.91 Å². The number of aliphatic imine (C=N–C) groups is 1. The van der Waals surface area contributed by atoms with Gasteiger partial charge in [-0.05, 0) is 24.3 Å². The van der Waals surface area contributed by atoms with Gasteiger partial charge in [0, 0.05) is 17.5 Å². The predicted octanol–water partition coefficient (Wildman–Crippen LogP) is 2.36. The smallest absolute Gasteiger partial charge is 0.261 e. The third-order valence-corrected chi connectivity index (χ3v) is 4.04. The summed E-state index contributed by atoms with van der Waals surface area (Å²) in [5.74, 6) is -2.00. The average molecular weight is 382 g/mol. The molecule has 0 atom stereocenters. The summed E-state index contributed by atoms with van der Waals surface area (Å²) in [6.45, 7) is 7.61. The summed E-state index contributed by atoms with van der Waals surface area (Å²) in [6.07, 6.45) is 0.198. The number of benzene rings is 2. The van der Waals surface area contributed by atoms with Crippen LogP contribution >= 0.6 is 0 Å². The molecule has 0 fully saturated rings. The topological polar surface area (TPSA) is 104 Å². The van der Waals surface area contributed by atoms with Crippen LogP contribution in [-0.4, -0.2) is 36.5 Å². The van der Waals surface area contributed by atoms with E-state index in [9.17, 15) is 19.1 Å². The molecule has 2 aromatic carbocycles. The number of methoxy groups -OCH3 is 1. The van der Waals surface area contributed by atoms with Crippen LogP contribution in [0.25, 0.3) is 16.0 Å². The Morgan fingerprint density at radius 2 is 2.18 bits per heavy atom. The minimum atomic E-state index is -0.815. The Bertz CT molecular complexity index is 1040. The number of hydrogen-bond donors (Lipinski definition) is 3. The van der Waals surface area contributed by atoms with Gasteiger partial charge in [0.15, 0.2) is 5.69 Å². The Kier molecular flexibility index (Phi) is 5.22. The van der Waals surface area contributed by atoms with Crippen molar-refractivity contribution in [2.75, 3.05) is 13.7 Å². The SMILES string of the molecule is [C-]#[N+]c1ccc(O)c(C(=O)NC2=NCCC(=O)N2)c1-c1cc(F)ccc1OC. The molecule has 2 amide bonds. The zero-order chi connectivity index (χ0) is 20.3. The number of nitrogens with zero attached hydrogens (tertiary/aromatic N) is 2. The fourth-order valence-electron chi connectivity index (χ4n) is 2.80. The maximum atomic E-state index is 13.9. The highest BCUT2D eigenvalue weighted by atomic mass is 19.1. The number of carbonyl (C=O) groups is 2. The van der Waals surface area contributed by atoms with E-state index in [2.05, 4.69) is 20.5 Å². The van der Waals surface area contributed by atoms with Crippen molar-refractivity contribution in [1.82, 2.24) is 10.6 Å². The molecule has 0 bridgehead atoms. The normalized spacial score (nSPS) is 13.2. The van der Waals surface area contributed by atoms with Crippen LogP contribution in [0.4, 0.5) is 10.1 Å². The third kappa shape index (κ3) is 3.61. The van der Waals surface area contributed by atoms with Gasteiger partial charge in [-0.15, -0.1) is 0 Å². The second kappa shape index (κ2) is 7.75. The van der Waals surface area contributed by atoms with Crippen molar-refractivity contribution in [3.8, 4) is 22.6 Å². The summed E-state index contributed by atoms with van der Waals surface area (Å²) in [5, 5.41) is 15.1. The largest absolute Gasteiger partial charge is 0.507 e. The van der Waals surface area contributed by atoms with E-state index in [-0.39, 0.29) is 53.0 Å². The molecule has 8 nitrogen and oxygen atoms in total. The highest BCUT2D eigenvalue weighted by Gasteiger charge is 2.25. The monoisotopic (exact) mass is 382 g/mol. The molecule has 3 rings (SSSR count). The van der Waals surface area contributed by atoms with Gasteiger partial charge in [-0.1, -0.05) is 6.07 Å². The quantitative estimate of drug-likeness (QED) is 0.709. The zero-order valence-corrected chi connectivity index (χ0v) is 14.7. The number of aromatic hydroxyl groups is 1. The van der Waals surface area contributed by atoms with E-state index in [0.717, 1.165) is 6.07 Å². The highest BCUT2D eigenvalue weighted by Crippen LogP contribution is 2.42. The van der Waals surface area contributed by atoms with Crippen LogP contribution < -0.4 is 15.4 Å². The van der Waals surface area contributed by atoms with Gasteiger partial charge in [-0.2, -0.15) is 0 Å². The summed E-state index contributed by atoms with van der Waals surface area (Å²) in [4.78, 5) is 31.7. The third-order valence-electron chi connectivity index (χ3n) is 4.04. The fourth-order valence-corrected chi connectivity index (χ4v) is 2.80. The fraction of sp³-hybridized carbons (Fsp3) is 0.158. The number of ether oxygens (including phenoxy) is 1. The first-order valence-corrected chi connectivity index (χ1v) is 8.17. The van der Waals surface area contributed by atoms with Gasteiger partial charge >= 0.3 is 0 Å². The molecule has 0 radical (unpaired) electrons. The highest BCUT2D eigenvalue weighted by molar-refractivity contribution is 6.15. The molecule has 0 unspecified atom stereocenters.